The molecule has 0 aliphatic carbocycles. The van der Waals surface area contributed by atoms with Crippen LogP contribution in [0.5, 0.6) is 11.5 Å². The number of carbonyl (C=O) groups is 1. The minimum Gasteiger partial charge on any atom is -0.496 e. The van der Waals surface area contributed by atoms with Gasteiger partial charge in [0.2, 0.25) is 0 Å². The van der Waals surface area contributed by atoms with Crippen LogP contribution in [0.15, 0.2) is 36.4 Å². The zero-order valence-electron chi connectivity index (χ0n) is 12.3. The molecule has 0 atom stereocenters. The normalized spacial score (nSPS) is 10.3. The van der Waals surface area contributed by atoms with E-state index in [1.807, 2.05) is 25.1 Å². The Morgan fingerprint density at radius 2 is 1.90 bits per heavy atom. The molecule has 2 aromatic rings. The van der Waals surface area contributed by atoms with E-state index in [9.17, 15) is 9.18 Å². The summed E-state index contributed by atoms with van der Waals surface area (Å²) in [6, 6.07) is 9.62. The number of carbonyl (C=O) groups excluding carboxylic acids is 1. The van der Waals surface area contributed by atoms with Crippen LogP contribution in [0.3, 0.4) is 0 Å². The van der Waals surface area contributed by atoms with Crippen LogP contribution in [0.1, 0.15) is 28.4 Å². The summed E-state index contributed by atoms with van der Waals surface area (Å²) in [6.07, 6.45) is 0. The Balaban J connectivity index is 2.26. The van der Waals surface area contributed by atoms with E-state index in [1.165, 1.54) is 25.1 Å². The third-order valence-corrected chi connectivity index (χ3v) is 3.14. The monoisotopic (exact) mass is 288 g/mol. The number of benzene rings is 2. The lowest BCUT2D eigenvalue weighted by Crippen LogP contribution is -2.03. The highest BCUT2D eigenvalue weighted by molar-refractivity contribution is 5.96. The molecule has 4 heteroatoms. The number of hydrogen-bond donors (Lipinski definition) is 0. The van der Waals surface area contributed by atoms with Crippen molar-refractivity contribution in [2.75, 3.05) is 7.11 Å². The first kappa shape index (κ1) is 15.0. The largest absolute Gasteiger partial charge is 0.496 e. The molecule has 3 nitrogen and oxygen atoms in total. The van der Waals surface area contributed by atoms with Crippen molar-refractivity contribution in [3.05, 3.63) is 58.9 Å². The first-order chi connectivity index (χ1) is 10.0. The van der Waals surface area contributed by atoms with Gasteiger partial charge in [0.25, 0.3) is 0 Å². The Bertz CT molecular complexity index is 665. The van der Waals surface area contributed by atoms with Crippen LogP contribution in [-0.4, -0.2) is 12.9 Å². The van der Waals surface area contributed by atoms with Gasteiger partial charge >= 0.3 is 0 Å². The van der Waals surface area contributed by atoms with Crippen molar-refractivity contribution in [1.82, 2.24) is 0 Å². The zero-order valence-corrected chi connectivity index (χ0v) is 12.3. The third-order valence-electron chi connectivity index (χ3n) is 3.14. The third kappa shape index (κ3) is 3.60. The van der Waals surface area contributed by atoms with E-state index in [0.717, 1.165) is 11.1 Å². The molecule has 0 N–H and O–H groups in total. The number of methoxy groups -OCH3 is 1. The van der Waals surface area contributed by atoms with Gasteiger partial charge in [-0.2, -0.15) is 0 Å². The predicted molar refractivity (Wildman–Crippen MR) is 78.5 cm³/mol. The maximum Gasteiger partial charge on any atom is 0.163 e. The molecule has 0 aliphatic rings. The average molecular weight is 288 g/mol. The number of ether oxygens (including phenoxy) is 2. The number of hydrogen-bond acceptors (Lipinski definition) is 3. The second-order valence-corrected chi connectivity index (χ2v) is 4.80. The SMILES string of the molecule is COc1ccc(C)cc1COc1cc(F)ccc1C(C)=O. The summed E-state index contributed by atoms with van der Waals surface area (Å²) < 4.78 is 24.2. The Hall–Kier alpha value is -2.36. The van der Waals surface area contributed by atoms with Gasteiger partial charge in [0.05, 0.1) is 12.7 Å². The minimum atomic E-state index is -0.439. The second kappa shape index (κ2) is 6.39. The molecule has 2 rings (SSSR count). The number of halogens is 1. The van der Waals surface area contributed by atoms with Gasteiger partial charge in [0, 0.05) is 11.6 Å². The van der Waals surface area contributed by atoms with Gasteiger partial charge in [0.1, 0.15) is 23.9 Å². The summed E-state index contributed by atoms with van der Waals surface area (Å²) in [6.45, 7) is 3.59. The van der Waals surface area contributed by atoms with Crippen LogP contribution < -0.4 is 9.47 Å². The molecule has 0 fully saturated rings. The summed E-state index contributed by atoms with van der Waals surface area (Å²) in [4.78, 5) is 11.5. The molecular formula is C17H17FO3. The van der Waals surface area contributed by atoms with E-state index in [2.05, 4.69) is 0 Å². The van der Waals surface area contributed by atoms with Crippen molar-refractivity contribution in [2.45, 2.75) is 20.5 Å². The first-order valence-corrected chi connectivity index (χ1v) is 6.58. The quantitative estimate of drug-likeness (QED) is 0.782. The molecule has 0 saturated carbocycles. The molecule has 0 unspecified atom stereocenters. The fraction of sp³-hybridized carbons (Fsp3) is 0.235. The summed E-state index contributed by atoms with van der Waals surface area (Å²) in [7, 11) is 1.58. The van der Waals surface area contributed by atoms with E-state index in [0.29, 0.717) is 11.3 Å². The average Bonchev–Trinajstić information content (AvgIpc) is 2.45. The highest BCUT2D eigenvalue weighted by Crippen LogP contribution is 2.25. The Morgan fingerprint density at radius 3 is 2.57 bits per heavy atom. The van der Waals surface area contributed by atoms with Gasteiger partial charge in [0.15, 0.2) is 5.78 Å². The smallest absolute Gasteiger partial charge is 0.163 e. The summed E-state index contributed by atoms with van der Waals surface area (Å²) in [5.41, 5.74) is 2.28. The summed E-state index contributed by atoms with van der Waals surface area (Å²) in [5.74, 6) is 0.333. The maximum atomic E-state index is 13.3. The van der Waals surface area contributed by atoms with Gasteiger partial charge in [-0.1, -0.05) is 11.6 Å². The molecule has 0 aliphatic heterocycles. The maximum absolute atomic E-state index is 13.3. The molecule has 0 aromatic heterocycles. The van der Waals surface area contributed by atoms with Crippen molar-refractivity contribution in [1.29, 1.82) is 0 Å². The Labute approximate surface area is 123 Å². The van der Waals surface area contributed by atoms with E-state index in [4.69, 9.17) is 9.47 Å². The lowest BCUT2D eigenvalue weighted by Gasteiger charge is -2.13. The molecule has 21 heavy (non-hydrogen) atoms. The van der Waals surface area contributed by atoms with Gasteiger partial charge < -0.3 is 9.47 Å². The Kier molecular flexibility index (Phi) is 4.58. The summed E-state index contributed by atoms with van der Waals surface area (Å²) in [5, 5.41) is 0. The fourth-order valence-electron chi connectivity index (χ4n) is 2.08. The first-order valence-electron chi connectivity index (χ1n) is 6.58. The van der Waals surface area contributed by atoms with Crippen LogP contribution in [0, 0.1) is 12.7 Å². The molecule has 110 valence electrons. The van der Waals surface area contributed by atoms with Gasteiger partial charge in [-0.15, -0.1) is 0 Å². The van der Waals surface area contributed by atoms with E-state index in [-0.39, 0.29) is 18.1 Å². The number of Topliss-reactive ketones (excluding diaryl/α,β-unsaturated/α-hetero) is 1. The number of aryl methyl sites for hydroxylation is 1. The van der Waals surface area contributed by atoms with Crippen molar-refractivity contribution >= 4 is 5.78 Å². The van der Waals surface area contributed by atoms with Crippen LogP contribution in [0.2, 0.25) is 0 Å². The van der Waals surface area contributed by atoms with Crippen molar-refractivity contribution in [2.24, 2.45) is 0 Å². The second-order valence-electron chi connectivity index (χ2n) is 4.80. The molecule has 0 bridgehead atoms. The number of rotatable bonds is 5. The van der Waals surface area contributed by atoms with Crippen molar-refractivity contribution in [3.63, 3.8) is 0 Å². The van der Waals surface area contributed by atoms with Gasteiger partial charge in [-0.25, -0.2) is 4.39 Å². The van der Waals surface area contributed by atoms with Crippen LogP contribution in [0.4, 0.5) is 4.39 Å². The zero-order chi connectivity index (χ0) is 15.4. The highest BCUT2D eigenvalue weighted by Gasteiger charge is 2.11. The Morgan fingerprint density at radius 1 is 1.14 bits per heavy atom. The van der Waals surface area contributed by atoms with Crippen LogP contribution in [0.25, 0.3) is 0 Å². The van der Waals surface area contributed by atoms with E-state index < -0.39 is 5.82 Å². The lowest BCUT2D eigenvalue weighted by molar-refractivity contribution is 0.101. The van der Waals surface area contributed by atoms with Gasteiger partial charge in [-0.05, 0) is 38.1 Å². The highest BCUT2D eigenvalue weighted by atomic mass is 19.1. The molecule has 0 heterocycles. The van der Waals surface area contributed by atoms with Crippen molar-refractivity contribution < 1.29 is 18.7 Å². The molecule has 2 aromatic carbocycles. The van der Waals surface area contributed by atoms with Gasteiger partial charge in [-0.3, -0.25) is 4.79 Å². The minimum absolute atomic E-state index is 0.166. The summed E-state index contributed by atoms with van der Waals surface area (Å²) >= 11 is 0. The van der Waals surface area contributed by atoms with E-state index in [1.54, 1.807) is 7.11 Å². The molecule has 0 amide bonds. The van der Waals surface area contributed by atoms with Crippen LogP contribution >= 0.6 is 0 Å². The standard InChI is InChI=1S/C17H17FO3/c1-11-4-7-16(20-3)13(8-11)10-21-17-9-14(18)5-6-15(17)12(2)19/h4-9H,10H2,1-3H3. The molecule has 0 saturated heterocycles. The topological polar surface area (TPSA) is 35.5 Å². The molecular weight excluding hydrogens is 271 g/mol. The van der Waals surface area contributed by atoms with Crippen LogP contribution in [-0.2, 0) is 6.61 Å². The number of ketones is 1. The predicted octanol–water partition coefficient (Wildman–Crippen LogP) is 3.92. The van der Waals surface area contributed by atoms with Crippen molar-refractivity contribution in [3.8, 4) is 11.5 Å². The lowest BCUT2D eigenvalue weighted by atomic mass is 10.1. The molecule has 0 spiro atoms. The fourth-order valence-corrected chi connectivity index (χ4v) is 2.08. The van der Waals surface area contributed by atoms with E-state index >= 15 is 0 Å². The molecule has 0 radical (unpaired) electrons.